The molecule has 2 saturated heterocycles. The summed E-state index contributed by atoms with van der Waals surface area (Å²) >= 11 is 50.5. The molecule has 32 heteroatoms. The topological polar surface area (TPSA) is 264 Å². The number of nitrogens with one attached hydrogen (secondary N) is 6. The monoisotopic (exact) mass is 1350 g/mol. The molecule has 0 saturated carbocycles. The second-order valence-corrected chi connectivity index (χ2v) is 28.6. The predicted molar refractivity (Wildman–Crippen MR) is 336 cm³/mol. The highest BCUT2D eigenvalue weighted by Gasteiger charge is 2.23. The first-order valence-electron chi connectivity index (χ1n) is 23.8. The zero-order valence-electron chi connectivity index (χ0n) is 41.8. The number of nitrogens with two attached hydrogens (primary N) is 1. The number of fused-ring (bicyclic) bond motifs is 3. The number of carbonyl (C=O) groups excluding carboxylic acids is 1. The third-order valence-corrected chi connectivity index (χ3v) is 17.1. The lowest BCUT2D eigenvalue weighted by Crippen LogP contribution is -2.36. The largest absolute Gasteiger partial charge is 0.462 e. The van der Waals surface area contributed by atoms with Crippen LogP contribution < -0.4 is 21.5 Å². The molecule has 11 aromatic heterocycles. The Bertz CT molecular complexity index is 3930. The van der Waals surface area contributed by atoms with Crippen molar-refractivity contribution in [2.24, 2.45) is 0 Å². The van der Waals surface area contributed by atoms with E-state index in [0.29, 0.717) is 54.8 Å². The Morgan fingerprint density at radius 2 is 1.07 bits per heavy atom. The van der Waals surface area contributed by atoms with Crippen LogP contribution in [-0.4, -0.2) is 115 Å². The molecule has 0 spiro atoms. The fourth-order valence-corrected chi connectivity index (χ4v) is 12.9. The lowest BCUT2D eigenvalue weighted by Gasteiger charge is -2.28. The van der Waals surface area contributed by atoms with Gasteiger partial charge in [0, 0.05) is 73.2 Å². The number of rotatable bonds is 7. The van der Waals surface area contributed by atoms with Gasteiger partial charge in [0.15, 0.2) is 0 Å². The van der Waals surface area contributed by atoms with Crippen molar-refractivity contribution in [2.75, 3.05) is 69.8 Å². The first kappa shape index (κ1) is 62.3. The molecule has 19 nitrogen and oxygen atoms in total. The van der Waals surface area contributed by atoms with Crippen LogP contribution in [0.5, 0.6) is 0 Å². The van der Waals surface area contributed by atoms with Crippen molar-refractivity contribution in [1.82, 2.24) is 55.2 Å². The molecule has 13 rings (SSSR count). The van der Waals surface area contributed by atoms with E-state index in [4.69, 9.17) is 77.9 Å². The van der Waals surface area contributed by atoms with E-state index in [0.717, 1.165) is 122 Å². The average Bonchev–Trinajstić information content (AvgIpc) is 4.46. The SMILES string of the molecule is C1COCCN1.CCOC(=O)c1c(-c2sccc2Cl)c[nH]c1N.Clc1ccsc1-c1c[nH]c2ncnc(Cl)c12.Clc1ccsc1-c1c[nH]c2ncnc(N3CCOCC3)c12.O=P(Cl)(Cl)Cl.O=c1[nH]cnc2[nH]cc(-c3sccc3Cl)c12. The number of nitrogens with zero attached hydrogens (tertiary/aromatic N) is 6. The van der Waals surface area contributed by atoms with E-state index in [9.17, 15) is 14.2 Å². The summed E-state index contributed by atoms with van der Waals surface area (Å²) in [6, 6.07) is 7.36. The number of halogens is 8. The maximum absolute atomic E-state index is 11.8. The number of nitrogen functional groups attached to an aromatic ring is 1. The molecule has 0 bridgehead atoms. The van der Waals surface area contributed by atoms with Gasteiger partial charge in [0.05, 0.1) is 95.1 Å². The Morgan fingerprint density at radius 1 is 0.630 bits per heavy atom. The molecule has 8 N–H and O–H groups in total. The molecular formula is C49H44Cl8N13O6PS4. The third kappa shape index (κ3) is 16.1. The first-order valence-corrected chi connectivity index (χ1v) is 33.6. The number of aromatic nitrogens is 10. The Hall–Kier alpha value is -4.76. The molecule has 0 amide bonds. The Morgan fingerprint density at radius 3 is 1.54 bits per heavy atom. The van der Waals surface area contributed by atoms with Gasteiger partial charge in [-0.3, -0.25) is 9.36 Å². The van der Waals surface area contributed by atoms with E-state index in [-0.39, 0.29) is 5.56 Å². The zero-order valence-corrected chi connectivity index (χ0v) is 52.0. The molecule has 2 fully saturated rings. The Kier molecular flexibility index (Phi) is 22.8. The first-order chi connectivity index (χ1) is 39.0. The minimum atomic E-state index is -3.22. The summed E-state index contributed by atoms with van der Waals surface area (Å²) in [5.74, 6) is 0.803. The maximum atomic E-state index is 11.8. The van der Waals surface area contributed by atoms with E-state index in [1.165, 1.54) is 35.3 Å². The van der Waals surface area contributed by atoms with Gasteiger partial charge in [-0.2, -0.15) is 0 Å². The summed E-state index contributed by atoms with van der Waals surface area (Å²) in [6.07, 6.45) is 11.6. The summed E-state index contributed by atoms with van der Waals surface area (Å²) in [4.78, 5) is 65.1. The second-order valence-electron chi connectivity index (χ2n) is 16.3. The number of morpholine rings is 2. The standard InChI is InChI=1S/C14H13ClN4OS.C11H11ClN2O2S.C10H5Cl2N3S.C10H6ClN3OS.C4H9NO.Cl3OP/c15-10-1-6-21-12(10)9-7-16-13-11(9)14(18-8-17-13)19-2-4-20-5-3-19;1-2-16-11(15)8-6(5-14-10(8)13)9-7(12)3-4-17-9;11-6-1-2-16-8(6)5-3-13-10-7(5)9(12)14-4-15-10;11-6-1-2-16-8(6)5-3-12-9-7(5)10(15)14-4-13-9;1-3-6-4-2-5-1;1-5(2,3)4/h1,6-8H,2-5H2,(H,16,17,18);3-5,14H,2,13H2,1H3;1-4H,(H,13,14,15);1-4H,(H2,12,13,14,15);5H,1-4H2;. The zero-order chi connectivity index (χ0) is 57.6. The second kappa shape index (κ2) is 29.7. The van der Waals surface area contributed by atoms with Gasteiger partial charge in [0.1, 0.15) is 51.9 Å². The van der Waals surface area contributed by atoms with Crippen LogP contribution in [0.3, 0.4) is 0 Å². The number of esters is 1. The van der Waals surface area contributed by atoms with Crippen LogP contribution in [0.1, 0.15) is 17.3 Å². The van der Waals surface area contributed by atoms with E-state index < -0.39 is 11.2 Å². The number of H-pyrrole nitrogens is 5. The molecule has 0 unspecified atom stereocenters. The molecule has 11 aromatic rings. The van der Waals surface area contributed by atoms with Crippen LogP contribution in [0.2, 0.25) is 25.2 Å². The molecule has 81 heavy (non-hydrogen) atoms. The van der Waals surface area contributed by atoms with Gasteiger partial charge in [0.2, 0.25) is 0 Å². The number of aromatic amines is 5. The molecule has 0 aromatic carbocycles. The van der Waals surface area contributed by atoms with E-state index in [1.807, 2.05) is 52.1 Å². The summed E-state index contributed by atoms with van der Waals surface area (Å²) in [7, 11) is 0. The Balaban J connectivity index is 0.000000134. The maximum Gasteiger partial charge on any atom is 0.342 e. The highest BCUT2D eigenvalue weighted by molar-refractivity contribution is 8.24. The number of hydrogen-bond acceptors (Lipinski definition) is 18. The van der Waals surface area contributed by atoms with Gasteiger partial charge in [0.25, 0.3) is 5.56 Å². The molecule has 2 aliphatic rings. The lowest BCUT2D eigenvalue weighted by atomic mass is 10.1. The van der Waals surface area contributed by atoms with Crippen LogP contribution >= 0.6 is 142 Å². The summed E-state index contributed by atoms with van der Waals surface area (Å²) < 4.78 is 24.9. The van der Waals surface area contributed by atoms with Crippen LogP contribution in [0.15, 0.2) is 94.3 Å². The van der Waals surface area contributed by atoms with Crippen LogP contribution in [0, 0.1) is 0 Å². The number of thiophene rings is 4. The van der Waals surface area contributed by atoms with E-state index in [1.54, 1.807) is 54.4 Å². The normalized spacial score (nSPS) is 13.2. The third-order valence-electron chi connectivity index (χ3n) is 11.3. The van der Waals surface area contributed by atoms with Gasteiger partial charge < -0.3 is 55.1 Å². The fraction of sp³-hybridized carbons (Fsp3) is 0.204. The fourth-order valence-electron chi connectivity index (χ4n) is 7.90. The molecule has 13 heterocycles. The van der Waals surface area contributed by atoms with Gasteiger partial charge in [-0.25, -0.2) is 29.7 Å². The van der Waals surface area contributed by atoms with Crippen molar-refractivity contribution in [3.8, 4) is 41.8 Å². The Labute approximate surface area is 516 Å². The highest BCUT2D eigenvalue weighted by Crippen LogP contribution is 2.61. The molecule has 0 radical (unpaired) electrons. The van der Waals surface area contributed by atoms with Crippen LogP contribution in [0.4, 0.5) is 11.6 Å². The number of hydrogen-bond donors (Lipinski definition) is 7. The van der Waals surface area contributed by atoms with E-state index in [2.05, 4.69) is 93.8 Å². The van der Waals surface area contributed by atoms with Crippen molar-refractivity contribution in [3.05, 3.63) is 131 Å². The average molecular weight is 1350 g/mol. The smallest absolute Gasteiger partial charge is 0.342 e. The summed E-state index contributed by atoms with van der Waals surface area (Å²) in [5, 5.41) is 13.2. The number of anilines is 2. The molecule has 0 atom stereocenters. The van der Waals surface area contributed by atoms with Gasteiger partial charge in [-0.1, -0.05) is 58.0 Å². The quantitative estimate of drug-likeness (QED) is 0.0445. The molecule has 426 valence electrons. The summed E-state index contributed by atoms with van der Waals surface area (Å²) in [6.45, 7) is 9.03. The van der Waals surface area contributed by atoms with Crippen LogP contribution in [-0.2, 0) is 18.8 Å². The van der Waals surface area contributed by atoms with Crippen molar-refractivity contribution in [1.29, 1.82) is 0 Å². The lowest BCUT2D eigenvalue weighted by molar-refractivity contribution is 0.0528. The van der Waals surface area contributed by atoms with Crippen molar-refractivity contribution in [2.45, 2.75) is 6.92 Å². The van der Waals surface area contributed by atoms with Crippen molar-refractivity contribution in [3.63, 3.8) is 0 Å². The van der Waals surface area contributed by atoms with Crippen LogP contribution in [0.25, 0.3) is 74.9 Å². The highest BCUT2D eigenvalue weighted by atomic mass is 36.0. The van der Waals surface area contributed by atoms with Gasteiger partial charge in [-0.15, -0.1) is 45.3 Å². The molecule has 0 aliphatic carbocycles. The van der Waals surface area contributed by atoms with Gasteiger partial charge in [-0.05, 0) is 86.4 Å². The number of carbonyl (C=O) groups is 1. The van der Waals surface area contributed by atoms with E-state index >= 15 is 0 Å². The van der Waals surface area contributed by atoms with Crippen molar-refractivity contribution >= 4 is 193 Å². The number of ether oxygens (including phenoxy) is 3. The van der Waals surface area contributed by atoms with Gasteiger partial charge >= 0.3 is 11.2 Å². The van der Waals surface area contributed by atoms with Crippen molar-refractivity contribution < 1.29 is 23.6 Å². The minimum Gasteiger partial charge on any atom is -0.462 e. The predicted octanol–water partition coefficient (Wildman–Crippen LogP) is 15.4. The summed E-state index contributed by atoms with van der Waals surface area (Å²) in [5.41, 5.74) is 11.5. The molecular weight excluding hydrogens is 1310 g/mol. The minimum absolute atomic E-state index is 0.161. The molecule has 2 aliphatic heterocycles.